The summed E-state index contributed by atoms with van der Waals surface area (Å²) in [5, 5.41) is 19.2. The summed E-state index contributed by atoms with van der Waals surface area (Å²) in [5.74, 6) is 1.21. The van der Waals surface area contributed by atoms with E-state index in [1.807, 2.05) is 53.9 Å². The van der Waals surface area contributed by atoms with Crippen LogP contribution in [0.4, 0.5) is 5.82 Å². The molecule has 5 rings (SSSR count). The molecule has 0 aliphatic carbocycles. The maximum atomic E-state index is 9.88. The van der Waals surface area contributed by atoms with E-state index in [0.29, 0.717) is 23.8 Å². The molecule has 0 bridgehead atoms. The van der Waals surface area contributed by atoms with Crippen LogP contribution < -0.4 is 45.8 Å². The number of nitriles is 1. The largest absolute Gasteiger partial charge is 1.00 e. The van der Waals surface area contributed by atoms with E-state index < -0.39 is 0 Å². The maximum Gasteiger partial charge on any atom is 1.00 e. The Balaban J connectivity index is 0.00000245. The second-order valence-corrected chi connectivity index (χ2v) is 7.66. The van der Waals surface area contributed by atoms with E-state index in [-0.39, 0.29) is 29.6 Å². The first-order valence-corrected chi connectivity index (χ1v) is 10.3. The van der Waals surface area contributed by atoms with Gasteiger partial charge in [0.15, 0.2) is 0 Å². The first-order chi connectivity index (χ1) is 15.3. The molecule has 4 heterocycles. The quantitative estimate of drug-likeness (QED) is 0.386. The predicted molar refractivity (Wildman–Crippen MR) is 120 cm³/mol. The zero-order valence-corrected chi connectivity index (χ0v) is 20.0. The van der Waals surface area contributed by atoms with Crippen molar-refractivity contribution >= 4 is 23.0 Å². The molecule has 4 aromatic rings. The summed E-state index contributed by atoms with van der Waals surface area (Å²) in [6, 6.07) is 18.0. The van der Waals surface area contributed by atoms with Gasteiger partial charge in [-0.3, -0.25) is 5.53 Å². The van der Waals surface area contributed by atoms with E-state index in [2.05, 4.69) is 33.0 Å². The molecule has 1 aliphatic rings. The summed E-state index contributed by atoms with van der Waals surface area (Å²) in [4.78, 5) is 5.78. The van der Waals surface area contributed by atoms with Crippen molar-refractivity contribution in [3.63, 3.8) is 0 Å². The Kier molecular flexibility index (Phi) is 6.90. The summed E-state index contributed by atoms with van der Waals surface area (Å²) >= 11 is 1.61. The summed E-state index contributed by atoms with van der Waals surface area (Å²) in [6.45, 7) is 0.517. The molecule has 0 unspecified atom stereocenters. The molecule has 0 saturated carbocycles. The second-order valence-electron chi connectivity index (χ2n) is 6.72. The van der Waals surface area contributed by atoms with Crippen molar-refractivity contribution in [2.45, 2.75) is 6.54 Å². The maximum absolute atomic E-state index is 9.88. The van der Waals surface area contributed by atoms with E-state index in [1.54, 1.807) is 23.9 Å². The molecule has 10 heteroatoms. The fourth-order valence-corrected chi connectivity index (χ4v) is 3.94. The first kappa shape index (κ1) is 22.1. The molecule has 32 heavy (non-hydrogen) atoms. The fraction of sp³-hybridized carbons (Fsp3) is 0.0455. The first-order valence-electron chi connectivity index (χ1n) is 9.45. The minimum atomic E-state index is 0. The van der Waals surface area contributed by atoms with Gasteiger partial charge >= 0.3 is 29.6 Å². The van der Waals surface area contributed by atoms with Gasteiger partial charge < -0.3 is 25.8 Å². The van der Waals surface area contributed by atoms with Gasteiger partial charge in [-0.15, -0.1) is 11.3 Å². The number of anilines is 1. The van der Waals surface area contributed by atoms with E-state index in [9.17, 15) is 5.26 Å². The molecule has 1 aromatic carbocycles. The second kappa shape index (κ2) is 9.99. The number of pyridine rings is 1. The molecule has 3 aromatic heterocycles. The van der Waals surface area contributed by atoms with Crippen LogP contribution in [0.3, 0.4) is 0 Å². The van der Waals surface area contributed by atoms with Crippen LogP contribution in [0.1, 0.15) is 16.7 Å². The molecule has 0 radical (unpaired) electrons. The normalized spacial score (nSPS) is 12.2. The van der Waals surface area contributed by atoms with E-state index in [1.165, 1.54) is 0 Å². The van der Waals surface area contributed by atoms with Crippen LogP contribution in [0.2, 0.25) is 0 Å². The molecule has 152 valence electrons. The number of benzene rings is 1. The zero-order valence-electron chi connectivity index (χ0n) is 17.2. The average Bonchev–Trinajstić information content (AvgIpc) is 3.60. The SMILES string of the molecule is N#Cc1c(-c2ccoc2)cc(-c2cccs2)nc1NCc1ccc(C2=N[N-]NN2)cc1.[Na+]. The van der Waals surface area contributed by atoms with Crippen molar-refractivity contribution in [3.05, 3.63) is 88.7 Å². The number of nitrogens with one attached hydrogen (secondary N) is 3. The van der Waals surface area contributed by atoms with Gasteiger partial charge in [0.1, 0.15) is 23.3 Å². The smallest absolute Gasteiger partial charge is 0.520 e. The summed E-state index contributed by atoms with van der Waals surface area (Å²) in [7, 11) is 0. The summed E-state index contributed by atoms with van der Waals surface area (Å²) < 4.78 is 5.25. The number of hydrogen-bond donors (Lipinski definition) is 3. The molecule has 0 atom stereocenters. The molecule has 0 fully saturated rings. The summed E-state index contributed by atoms with van der Waals surface area (Å²) in [5.41, 5.74) is 14.0. The van der Waals surface area contributed by atoms with Crippen molar-refractivity contribution in [3.8, 4) is 27.8 Å². The van der Waals surface area contributed by atoms with Crippen LogP contribution in [-0.4, -0.2) is 10.8 Å². The third-order valence-corrected chi connectivity index (χ3v) is 5.69. The third-order valence-electron chi connectivity index (χ3n) is 4.80. The Hall–Kier alpha value is -3.13. The fourth-order valence-electron chi connectivity index (χ4n) is 3.26. The van der Waals surface area contributed by atoms with Gasteiger partial charge in [0.25, 0.3) is 0 Å². The van der Waals surface area contributed by atoms with Crippen LogP contribution >= 0.6 is 11.3 Å². The van der Waals surface area contributed by atoms with Crippen LogP contribution in [0.25, 0.3) is 27.2 Å². The van der Waals surface area contributed by atoms with Crippen molar-refractivity contribution in [1.29, 1.82) is 5.26 Å². The number of aromatic nitrogens is 1. The van der Waals surface area contributed by atoms with E-state index in [0.717, 1.165) is 32.8 Å². The van der Waals surface area contributed by atoms with Gasteiger partial charge in [-0.1, -0.05) is 30.3 Å². The molecule has 1 aliphatic heterocycles. The van der Waals surface area contributed by atoms with Crippen molar-refractivity contribution < 1.29 is 34.0 Å². The van der Waals surface area contributed by atoms with E-state index in [4.69, 9.17) is 9.40 Å². The van der Waals surface area contributed by atoms with Gasteiger partial charge in [0.05, 0.1) is 23.1 Å². The molecular formula is C22H16N7NaOS. The molecule has 3 N–H and O–H groups in total. The van der Waals surface area contributed by atoms with Gasteiger partial charge in [0, 0.05) is 23.2 Å². The monoisotopic (exact) mass is 449 g/mol. The number of hydrogen-bond acceptors (Lipinski definition) is 8. The Morgan fingerprint density at radius 1 is 1.16 bits per heavy atom. The zero-order chi connectivity index (χ0) is 21.0. The standard InChI is InChI=1S/C22H16N7OS.Na/c23-11-18-17(16-7-8-30-13-16)10-19(20-2-1-9-31-20)25-22(18)24-12-14-3-5-15(6-4-14)21-26-28-29-27-21;/h1-10,13,28H,12H2,(H,24,25)(H,26,27);/q-1;+1. The summed E-state index contributed by atoms with van der Waals surface area (Å²) in [6.07, 6.45) is 3.24. The molecule has 0 saturated heterocycles. The van der Waals surface area contributed by atoms with Crippen LogP contribution in [0, 0.1) is 11.3 Å². The third kappa shape index (κ3) is 4.55. The predicted octanol–water partition coefficient (Wildman–Crippen LogP) is 1.62. The Labute approximate surface area is 210 Å². The molecular weight excluding hydrogens is 433 g/mol. The molecule has 8 nitrogen and oxygen atoms in total. The minimum absolute atomic E-state index is 0. The topological polar surface area (TPSA) is 112 Å². The number of rotatable bonds is 6. The Bertz CT molecular complexity index is 1260. The molecule has 0 amide bonds. The van der Waals surface area contributed by atoms with Gasteiger partial charge in [-0.05, 0) is 29.1 Å². The average molecular weight is 449 g/mol. The number of furan rings is 1. The number of thiophene rings is 1. The van der Waals surface area contributed by atoms with E-state index >= 15 is 0 Å². The minimum Gasteiger partial charge on any atom is -0.520 e. The number of nitrogens with zero attached hydrogens (tertiary/aromatic N) is 4. The van der Waals surface area contributed by atoms with Crippen molar-refractivity contribution in [2.75, 3.05) is 5.32 Å². The Morgan fingerprint density at radius 3 is 2.69 bits per heavy atom. The van der Waals surface area contributed by atoms with Crippen molar-refractivity contribution in [2.24, 2.45) is 5.10 Å². The van der Waals surface area contributed by atoms with Crippen LogP contribution in [-0.2, 0) is 6.54 Å². The van der Waals surface area contributed by atoms with Crippen LogP contribution in [0.15, 0.2) is 76.0 Å². The number of amidine groups is 1. The van der Waals surface area contributed by atoms with Gasteiger partial charge in [-0.2, -0.15) is 5.26 Å². The Morgan fingerprint density at radius 2 is 2.03 bits per heavy atom. The van der Waals surface area contributed by atoms with Gasteiger partial charge in [-0.25, -0.2) is 4.98 Å². The number of hydrazine groups is 1. The van der Waals surface area contributed by atoms with Gasteiger partial charge in [0.2, 0.25) is 0 Å². The van der Waals surface area contributed by atoms with Crippen molar-refractivity contribution in [1.82, 2.24) is 15.9 Å². The molecule has 0 spiro atoms. The van der Waals surface area contributed by atoms with Crippen LogP contribution in [0.5, 0.6) is 0 Å².